The molecule has 0 aromatic carbocycles. The highest BCUT2D eigenvalue weighted by Gasteiger charge is 2.47. The van der Waals surface area contributed by atoms with Gasteiger partial charge in [0.15, 0.2) is 0 Å². The highest BCUT2D eigenvalue weighted by molar-refractivity contribution is 5.79. The van der Waals surface area contributed by atoms with Crippen LogP contribution in [0.2, 0.25) is 0 Å². The summed E-state index contributed by atoms with van der Waals surface area (Å²) in [6.45, 7) is 5.78. The summed E-state index contributed by atoms with van der Waals surface area (Å²) in [5.74, 6) is -0.443. The SMILES string of the molecule is CCC1COCCN1CCC1CCCC1(NC)C(=O)O. The molecule has 2 N–H and O–H groups in total. The van der Waals surface area contributed by atoms with Crippen molar-refractivity contribution < 1.29 is 14.6 Å². The summed E-state index contributed by atoms with van der Waals surface area (Å²) in [6.07, 6.45) is 4.85. The zero-order valence-electron chi connectivity index (χ0n) is 12.7. The van der Waals surface area contributed by atoms with E-state index in [1.165, 1.54) is 0 Å². The van der Waals surface area contributed by atoms with Crippen LogP contribution in [0.4, 0.5) is 0 Å². The molecule has 2 rings (SSSR count). The van der Waals surface area contributed by atoms with E-state index >= 15 is 0 Å². The number of carboxylic acid groups (broad SMARTS) is 1. The Morgan fingerprint density at radius 3 is 3.00 bits per heavy atom. The Hall–Kier alpha value is -0.650. The quantitative estimate of drug-likeness (QED) is 0.770. The Labute approximate surface area is 121 Å². The number of rotatable bonds is 6. The van der Waals surface area contributed by atoms with Gasteiger partial charge in [0.1, 0.15) is 5.54 Å². The molecule has 0 amide bonds. The number of likely N-dealkylation sites (N-methyl/N-ethyl adjacent to an activating group) is 1. The number of nitrogens with one attached hydrogen (secondary N) is 1. The van der Waals surface area contributed by atoms with Crippen LogP contribution in [-0.2, 0) is 9.53 Å². The largest absolute Gasteiger partial charge is 0.480 e. The average Bonchev–Trinajstić information content (AvgIpc) is 2.89. The Kier molecular flexibility index (Phi) is 5.41. The molecule has 2 fully saturated rings. The first-order chi connectivity index (χ1) is 9.64. The molecule has 1 saturated carbocycles. The molecule has 5 nitrogen and oxygen atoms in total. The fraction of sp³-hybridized carbons (Fsp3) is 0.933. The number of carboxylic acids is 1. The van der Waals surface area contributed by atoms with Gasteiger partial charge in [0.05, 0.1) is 13.2 Å². The van der Waals surface area contributed by atoms with Gasteiger partial charge >= 0.3 is 5.97 Å². The predicted molar refractivity (Wildman–Crippen MR) is 77.9 cm³/mol. The van der Waals surface area contributed by atoms with Crippen LogP contribution in [-0.4, -0.2) is 60.9 Å². The number of hydrogen-bond donors (Lipinski definition) is 2. The van der Waals surface area contributed by atoms with Crippen molar-refractivity contribution in [1.82, 2.24) is 10.2 Å². The van der Waals surface area contributed by atoms with Crippen LogP contribution in [0.3, 0.4) is 0 Å². The first-order valence-corrected chi connectivity index (χ1v) is 7.88. The summed E-state index contributed by atoms with van der Waals surface area (Å²) in [5, 5.41) is 12.7. The third-order valence-electron chi connectivity index (χ3n) is 5.23. The van der Waals surface area contributed by atoms with Crippen LogP contribution < -0.4 is 5.32 Å². The lowest BCUT2D eigenvalue weighted by Crippen LogP contribution is -2.54. The molecule has 1 aliphatic heterocycles. The normalized spacial score (nSPS) is 35.3. The van der Waals surface area contributed by atoms with Gasteiger partial charge in [-0.2, -0.15) is 0 Å². The number of carbonyl (C=O) groups is 1. The molecule has 1 aliphatic carbocycles. The smallest absolute Gasteiger partial charge is 0.324 e. The zero-order valence-corrected chi connectivity index (χ0v) is 12.7. The molecule has 0 spiro atoms. The molecule has 0 radical (unpaired) electrons. The molecular weight excluding hydrogens is 256 g/mol. The lowest BCUT2D eigenvalue weighted by Gasteiger charge is -2.37. The number of ether oxygens (including phenoxy) is 1. The molecule has 0 aromatic rings. The molecule has 3 atom stereocenters. The fourth-order valence-electron chi connectivity index (χ4n) is 3.87. The second kappa shape index (κ2) is 6.87. The third-order valence-corrected chi connectivity index (χ3v) is 5.23. The van der Waals surface area contributed by atoms with Crippen LogP contribution in [0.1, 0.15) is 39.0 Å². The Bertz CT molecular complexity index is 337. The van der Waals surface area contributed by atoms with Gasteiger partial charge in [-0.3, -0.25) is 9.69 Å². The maximum absolute atomic E-state index is 11.6. The van der Waals surface area contributed by atoms with Crippen molar-refractivity contribution in [2.75, 3.05) is 33.4 Å². The van der Waals surface area contributed by atoms with Crippen molar-refractivity contribution in [3.05, 3.63) is 0 Å². The van der Waals surface area contributed by atoms with E-state index in [2.05, 4.69) is 17.1 Å². The topological polar surface area (TPSA) is 61.8 Å². The van der Waals surface area contributed by atoms with Crippen molar-refractivity contribution in [3.8, 4) is 0 Å². The van der Waals surface area contributed by atoms with E-state index in [0.717, 1.165) is 58.4 Å². The monoisotopic (exact) mass is 284 g/mol. The van der Waals surface area contributed by atoms with Gasteiger partial charge in [-0.05, 0) is 45.2 Å². The minimum absolute atomic E-state index is 0.241. The maximum atomic E-state index is 11.6. The van der Waals surface area contributed by atoms with Crippen LogP contribution in [0, 0.1) is 5.92 Å². The van der Waals surface area contributed by atoms with Gasteiger partial charge in [0.25, 0.3) is 0 Å². The van der Waals surface area contributed by atoms with Crippen LogP contribution in [0.15, 0.2) is 0 Å². The molecule has 3 unspecified atom stereocenters. The fourth-order valence-corrected chi connectivity index (χ4v) is 3.87. The van der Waals surface area contributed by atoms with E-state index in [-0.39, 0.29) is 5.92 Å². The minimum Gasteiger partial charge on any atom is -0.480 e. The van der Waals surface area contributed by atoms with Gasteiger partial charge in [-0.15, -0.1) is 0 Å². The Morgan fingerprint density at radius 2 is 2.35 bits per heavy atom. The molecule has 0 aromatic heterocycles. The van der Waals surface area contributed by atoms with Crippen LogP contribution >= 0.6 is 0 Å². The highest BCUT2D eigenvalue weighted by atomic mass is 16.5. The van der Waals surface area contributed by atoms with Crippen molar-refractivity contribution in [3.63, 3.8) is 0 Å². The van der Waals surface area contributed by atoms with Gasteiger partial charge in [-0.1, -0.05) is 13.3 Å². The summed E-state index contributed by atoms with van der Waals surface area (Å²) in [4.78, 5) is 14.1. The minimum atomic E-state index is -0.700. The Balaban J connectivity index is 1.93. The summed E-state index contributed by atoms with van der Waals surface area (Å²) in [6, 6.07) is 0.499. The standard InChI is InChI=1S/C15H28N2O3/c1-3-13-11-20-10-9-17(13)8-6-12-5-4-7-15(12,16-2)14(18)19/h12-13,16H,3-11H2,1-2H3,(H,18,19). The average molecular weight is 284 g/mol. The van der Waals surface area contributed by atoms with E-state index in [1.807, 2.05) is 0 Å². The Morgan fingerprint density at radius 1 is 1.55 bits per heavy atom. The lowest BCUT2D eigenvalue weighted by atomic mass is 9.84. The molecule has 1 saturated heterocycles. The lowest BCUT2D eigenvalue weighted by molar-refractivity contribution is -0.146. The van der Waals surface area contributed by atoms with E-state index < -0.39 is 11.5 Å². The van der Waals surface area contributed by atoms with Crippen LogP contribution in [0.5, 0.6) is 0 Å². The number of nitrogens with zero attached hydrogens (tertiary/aromatic N) is 1. The molecule has 5 heteroatoms. The van der Waals surface area contributed by atoms with Gasteiger partial charge in [0.2, 0.25) is 0 Å². The maximum Gasteiger partial charge on any atom is 0.324 e. The first kappa shape index (κ1) is 15.7. The van der Waals surface area contributed by atoms with Crippen molar-refractivity contribution in [2.45, 2.75) is 50.6 Å². The van der Waals surface area contributed by atoms with Crippen molar-refractivity contribution >= 4 is 5.97 Å². The summed E-state index contributed by atoms with van der Waals surface area (Å²) >= 11 is 0. The van der Waals surface area contributed by atoms with Gasteiger partial charge < -0.3 is 15.2 Å². The number of aliphatic carboxylic acids is 1. The molecular formula is C15H28N2O3. The molecule has 20 heavy (non-hydrogen) atoms. The van der Waals surface area contributed by atoms with Gasteiger partial charge in [-0.25, -0.2) is 0 Å². The third kappa shape index (κ3) is 3.00. The van der Waals surface area contributed by atoms with E-state index in [1.54, 1.807) is 7.05 Å². The second-order valence-electron chi connectivity index (χ2n) is 6.08. The van der Waals surface area contributed by atoms with E-state index in [0.29, 0.717) is 6.04 Å². The molecule has 2 aliphatic rings. The number of hydrogen-bond acceptors (Lipinski definition) is 4. The zero-order chi connectivity index (χ0) is 14.6. The van der Waals surface area contributed by atoms with Gasteiger partial charge in [0, 0.05) is 12.6 Å². The summed E-state index contributed by atoms with van der Waals surface area (Å²) in [5.41, 5.74) is -0.700. The number of morpholine rings is 1. The summed E-state index contributed by atoms with van der Waals surface area (Å²) < 4.78 is 5.53. The van der Waals surface area contributed by atoms with Crippen molar-refractivity contribution in [2.24, 2.45) is 5.92 Å². The van der Waals surface area contributed by atoms with E-state index in [9.17, 15) is 9.90 Å². The molecule has 1 heterocycles. The summed E-state index contributed by atoms with van der Waals surface area (Å²) in [7, 11) is 1.79. The second-order valence-corrected chi connectivity index (χ2v) is 6.08. The van der Waals surface area contributed by atoms with E-state index in [4.69, 9.17) is 4.74 Å². The first-order valence-electron chi connectivity index (χ1n) is 7.88. The highest BCUT2D eigenvalue weighted by Crippen LogP contribution is 2.38. The van der Waals surface area contributed by atoms with Crippen LogP contribution in [0.25, 0.3) is 0 Å². The predicted octanol–water partition coefficient (Wildman–Crippen LogP) is 1.33. The molecule has 0 bridgehead atoms. The molecule has 116 valence electrons. The van der Waals surface area contributed by atoms with Crippen molar-refractivity contribution in [1.29, 1.82) is 0 Å².